The van der Waals surface area contributed by atoms with Crippen molar-refractivity contribution in [3.8, 4) is 0 Å². The maximum Gasteiger partial charge on any atom is 0.335 e. The highest BCUT2D eigenvalue weighted by atomic mass is 32.2. The number of anilines is 1. The van der Waals surface area contributed by atoms with E-state index in [-0.39, 0.29) is 11.5 Å². The Morgan fingerprint density at radius 3 is 2.95 bits per heavy atom. The van der Waals surface area contributed by atoms with E-state index in [0.29, 0.717) is 18.9 Å². The molecule has 0 bridgehead atoms. The lowest BCUT2D eigenvalue weighted by atomic mass is 9.99. The topological polar surface area (TPSA) is 66.8 Å². The standard InChI is InChI=1S/C15H19NO4S/c1-20-7-8-21-10-14(17)16-6-2-3-11-9-12(15(18)19)4-5-13(11)16/h4-5,9H,2-3,6-8,10H2,1H3,(H,18,19). The van der Waals surface area contributed by atoms with E-state index in [4.69, 9.17) is 9.84 Å². The first kappa shape index (κ1) is 15.9. The number of aromatic carboxylic acids is 1. The Balaban J connectivity index is 2.07. The molecule has 0 fully saturated rings. The zero-order valence-corrected chi connectivity index (χ0v) is 12.8. The fraction of sp³-hybridized carbons (Fsp3) is 0.467. The third kappa shape index (κ3) is 3.98. The van der Waals surface area contributed by atoms with Crippen LogP contribution < -0.4 is 4.90 Å². The Bertz CT molecular complexity index is 532. The number of thioether (sulfide) groups is 1. The number of aryl methyl sites for hydroxylation is 1. The molecule has 0 aromatic heterocycles. The fourth-order valence-corrected chi connectivity index (χ4v) is 3.13. The van der Waals surface area contributed by atoms with E-state index in [1.54, 1.807) is 42.0 Å². The number of carboxylic acid groups (broad SMARTS) is 1. The molecule has 1 aromatic carbocycles. The number of carbonyl (C=O) groups excluding carboxylic acids is 1. The Kier molecular flexibility index (Phi) is 5.64. The first-order valence-electron chi connectivity index (χ1n) is 6.86. The summed E-state index contributed by atoms with van der Waals surface area (Å²) in [5.74, 6) is 0.348. The van der Waals surface area contributed by atoms with Gasteiger partial charge < -0.3 is 14.7 Å². The molecule has 21 heavy (non-hydrogen) atoms. The maximum absolute atomic E-state index is 12.3. The molecule has 0 aliphatic carbocycles. The highest BCUT2D eigenvalue weighted by Crippen LogP contribution is 2.28. The monoisotopic (exact) mass is 309 g/mol. The SMILES string of the molecule is COCCSCC(=O)N1CCCc2cc(C(=O)O)ccc21. The first-order chi connectivity index (χ1) is 10.1. The molecule has 6 heteroatoms. The Labute approximate surface area is 128 Å². The van der Waals surface area contributed by atoms with Crippen LogP contribution in [0.2, 0.25) is 0 Å². The summed E-state index contributed by atoms with van der Waals surface area (Å²) in [4.78, 5) is 25.1. The average Bonchev–Trinajstić information content (AvgIpc) is 2.50. The molecule has 1 aliphatic heterocycles. The number of hydrogen-bond donors (Lipinski definition) is 1. The van der Waals surface area contributed by atoms with Gasteiger partial charge in [0.1, 0.15) is 0 Å². The summed E-state index contributed by atoms with van der Waals surface area (Å²) in [5.41, 5.74) is 2.07. The van der Waals surface area contributed by atoms with Crippen molar-refractivity contribution in [1.82, 2.24) is 0 Å². The van der Waals surface area contributed by atoms with Gasteiger partial charge in [-0.2, -0.15) is 0 Å². The minimum atomic E-state index is -0.934. The Hall–Kier alpha value is -1.53. The number of amides is 1. The summed E-state index contributed by atoms with van der Waals surface area (Å²) in [6, 6.07) is 4.98. The quantitative estimate of drug-likeness (QED) is 0.815. The summed E-state index contributed by atoms with van der Waals surface area (Å²) < 4.78 is 4.96. The molecule has 1 N–H and O–H groups in total. The van der Waals surface area contributed by atoms with Crippen LogP contribution in [0.5, 0.6) is 0 Å². The van der Waals surface area contributed by atoms with E-state index >= 15 is 0 Å². The number of hydrogen-bond acceptors (Lipinski definition) is 4. The van der Waals surface area contributed by atoms with E-state index in [2.05, 4.69) is 0 Å². The number of carbonyl (C=O) groups is 2. The molecular weight excluding hydrogens is 290 g/mol. The van der Waals surface area contributed by atoms with Gasteiger partial charge in [0.05, 0.1) is 17.9 Å². The van der Waals surface area contributed by atoms with Crippen molar-refractivity contribution in [2.75, 3.05) is 36.7 Å². The van der Waals surface area contributed by atoms with Crippen LogP contribution in [0.4, 0.5) is 5.69 Å². The average molecular weight is 309 g/mol. The molecular formula is C15H19NO4S. The minimum absolute atomic E-state index is 0.0696. The highest BCUT2D eigenvalue weighted by molar-refractivity contribution is 7.99. The van der Waals surface area contributed by atoms with Crippen LogP contribution in [0.15, 0.2) is 18.2 Å². The van der Waals surface area contributed by atoms with E-state index in [1.165, 1.54) is 0 Å². The minimum Gasteiger partial charge on any atom is -0.478 e. The van der Waals surface area contributed by atoms with Gasteiger partial charge in [0.25, 0.3) is 0 Å². The number of nitrogens with zero attached hydrogens (tertiary/aromatic N) is 1. The van der Waals surface area contributed by atoms with E-state index < -0.39 is 5.97 Å². The van der Waals surface area contributed by atoms with Gasteiger partial charge in [-0.3, -0.25) is 4.79 Å². The zero-order chi connectivity index (χ0) is 15.2. The molecule has 0 atom stereocenters. The lowest BCUT2D eigenvalue weighted by Crippen LogP contribution is -2.36. The van der Waals surface area contributed by atoms with Crippen LogP contribution in [0.3, 0.4) is 0 Å². The summed E-state index contributed by atoms with van der Waals surface area (Å²) in [6.45, 7) is 1.33. The van der Waals surface area contributed by atoms with E-state index in [0.717, 1.165) is 29.8 Å². The summed E-state index contributed by atoms with van der Waals surface area (Å²) >= 11 is 1.55. The normalized spacial score (nSPS) is 13.9. The number of rotatable bonds is 6. The van der Waals surface area contributed by atoms with Gasteiger partial charge in [-0.15, -0.1) is 11.8 Å². The Morgan fingerprint density at radius 2 is 2.24 bits per heavy atom. The largest absolute Gasteiger partial charge is 0.478 e. The van der Waals surface area contributed by atoms with Gasteiger partial charge in [0, 0.05) is 25.1 Å². The predicted octanol–water partition coefficient (Wildman–Crippen LogP) is 2.04. The smallest absolute Gasteiger partial charge is 0.335 e. The second-order valence-electron chi connectivity index (χ2n) is 4.84. The number of carboxylic acids is 1. The molecule has 0 spiro atoms. The molecule has 0 radical (unpaired) electrons. The number of benzene rings is 1. The molecule has 2 rings (SSSR count). The second kappa shape index (κ2) is 7.47. The van der Waals surface area contributed by atoms with Crippen LogP contribution in [-0.2, 0) is 16.0 Å². The van der Waals surface area contributed by atoms with Crippen molar-refractivity contribution < 1.29 is 19.4 Å². The van der Waals surface area contributed by atoms with Crippen molar-refractivity contribution in [3.63, 3.8) is 0 Å². The molecule has 1 heterocycles. The maximum atomic E-state index is 12.3. The van der Waals surface area contributed by atoms with Gasteiger partial charge in [-0.25, -0.2) is 4.79 Å². The second-order valence-corrected chi connectivity index (χ2v) is 5.95. The zero-order valence-electron chi connectivity index (χ0n) is 12.0. The highest BCUT2D eigenvalue weighted by Gasteiger charge is 2.23. The Morgan fingerprint density at radius 1 is 1.43 bits per heavy atom. The van der Waals surface area contributed by atoms with E-state index in [1.807, 2.05) is 0 Å². The number of ether oxygens (including phenoxy) is 1. The van der Waals surface area contributed by atoms with Crippen molar-refractivity contribution in [3.05, 3.63) is 29.3 Å². The van der Waals surface area contributed by atoms with Gasteiger partial charge in [-0.1, -0.05) is 0 Å². The summed E-state index contributed by atoms with van der Waals surface area (Å²) in [6.07, 6.45) is 1.68. The van der Waals surface area contributed by atoms with Crippen LogP contribution in [0, 0.1) is 0 Å². The summed E-state index contributed by atoms with van der Waals surface area (Å²) in [5, 5.41) is 9.03. The lowest BCUT2D eigenvalue weighted by Gasteiger charge is -2.29. The number of methoxy groups -OCH3 is 1. The molecule has 0 unspecified atom stereocenters. The predicted molar refractivity (Wildman–Crippen MR) is 83.3 cm³/mol. The third-order valence-electron chi connectivity index (χ3n) is 3.40. The van der Waals surface area contributed by atoms with Crippen molar-refractivity contribution in [2.45, 2.75) is 12.8 Å². The van der Waals surface area contributed by atoms with Crippen LogP contribution in [0.1, 0.15) is 22.3 Å². The van der Waals surface area contributed by atoms with Gasteiger partial charge in [0.15, 0.2) is 0 Å². The molecule has 0 saturated carbocycles. The van der Waals surface area contributed by atoms with E-state index in [9.17, 15) is 9.59 Å². The van der Waals surface area contributed by atoms with Crippen LogP contribution in [-0.4, -0.2) is 48.8 Å². The molecule has 5 nitrogen and oxygen atoms in total. The lowest BCUT2D eigenvalue weighted by molar-refractivity contribution is -0.116. The summed E-state index contributed by atoms with van der Waals surface area (Å²) in [7, 11) is 1.64. The molecule has 1 amide bonds. The van der Waals surface area contributed by atoms with Crippen molar-refractivity contribution >= 4 is 29.3 Å². The van der Waals surface area contributed by atoms with Crippen LogP contribution >= 0.6 is 11.8 Å². The molecule has 1 aromatic rings. The van der Waals surface area contributed by atoms with Crippen molar-refractivity contribution in [1.29, 1.82) is 0 Å². The third-order valence-corrected chi connectivity index (χ3v) is 4.31. The molecule has 114 valence electrons. The van der Waals surface area contributed by atoms with Gasteiger partial charge in [-0.05, 0) is 36.6 Å². The first-order valence-corrected chi connectivity index (χ1v) is 8.02. The van der Waals surface area contributed by atoms with Crippen LogP contribution in [0.25, 0.3) is 0 Å². The van der Waals surface area contributed by atoms with Gasteiger partial charge in [0.2, 0.25) is 5.91 Å². The van der Waals surface area contributed by atoms with Gasteiger partial charge >= 0.3 is 5.97 Å². The van der Waals surface area contributed by atoms with Crippen molar-refractivity contribution in [2.24, 2.45) is 0 Å². The number of fused-ring (bicyclic) bond motifs is 1. The fourth-order valence-electron chi connectivity index (χ4n) is 2.37. The molecule has 0 saturated heterocycles. The molecule has 1 aliphatic rings.